The Bertz CT molecular complexity index is 806. The third-order valence-electron chi connectivity index (χ3n) is 4.45. The zero-order valence-corrected chi connectivity index (χ0v) is 11.8. The van der Waals surface area contributed by atoms with Crippen molar-refractivity contribution >= 4 is 16.6 Å². The van der Waals surface area contributed by atoms with Crippen LogP contribution in [0.1, 0.15) is 30.7 Å². The first-order valence-corrected chi connectivity index (χ1v) is 7.44. The van der Waals surface area contributed by atoms with E-state index in [4.69, 9.17) is 5.73 Å². The van der Waals surface area contributed by atoms with E-state index in [9.17, 15) is 0 Å². The molecule has 1 aliphatic carbocycles. The lowest BCUT2D eigenvalue weighted by Gasteiger charge is -2.26. The molecule has 3 nitrogen and oxygen atoms in total. The van der Waals surface area contributed by atoms with E-state index in [1.54, 1.807) is 0 Å². The molecule has 0 atom stereocenters. The molecule has 0 aliphatic heterocycles. The number of aromatic nitrogens is 2. The van der Waals surface area contributed by atoms with Crippen LogP contribution in [0.15, 0.2) is 48.5 Å². The number of anilines is 1. The molecule has 104 valence electrons. The maximum absolute atomic E-state index is 5.94. The predicted molar refractivity (Wildman–Crippen MR) is 86.0 cm³/mol. The van der Waals surface area contributed by atoms with Crippen LogP contribution in [-0.4, -0.2) is 10.2 Å². The Morgan fingerprint density at radius 3 is 2.48 bits per heavy atom. The van der Waals surface area contributed by atoms with Crippen LogP contribution in [0.2, 0.25) is 0 Å². The number of benzene rings is 2. The molecule has 1 fully saturated rings. The van der Waals surface area contributed by atoms with Crippen molar-refractivity contribution in [3.63, 3.8) is 0 Å². The molecule has 0 radical (unpaired) electrons. The van der Waals surface area contributed by atoms with Crippen LogP contribution in [0.5, 0.6) is 0 Å². The van der Waals surface area contributed by atoms with Crippen LogP contribution in [0.3, 0.4) is 0 Å². The first-order chi connectivity index (χ1) is 10.3. The number of rotatable bonds is 2. The standard InChI is InChI=1S/C18H17N3/c19-18-16-10-2-1-9-15(16)17(20-21-18)14-8-4-7-13(11-14)12-5-3-6-12/h1-2,4,7-12H,3,5-6H2,(H2,19,21). The summed E-state index contributed by atoms with van der Waals surface area (Å²) in [7, 11) is 0. The van der Waals surface area contributed by atoms with Crippen LogP contribution in [0, 0.1) is 0 Å². The lowest BCUT2D eigenvalue weighted by Crippen LogP contribution is -2.08. The molecule has 1 saturated carbocycles. The van der Waals surface area contributed by atoms with Crippen molar-refractivity contribution in [3.05, 3.63) is 54.1 Å². The van der Waals surface area contributed by atoms with Gasteiger partial charge in [-0.15, -0.1) is 10.2 Å². The van der Waals surface area contributed by atoms with Crippen molar-refractivity contribution in [1.29, 1.82) is 0 Å². The van der Waals surface area contributed by atoms with Gasteiger partial charge in [-0.25, -0.2) is 0 Å². The minimum absolute atomic E-state index is 0.490. The highest BCUT2D eigenvalue weighted by Crippen LogP contribution is 2.38. The molecule has 1 heterocycles. The fraction of sp³-hybridized carbons (Fsp3) is 0.222. The van der Waals surface area contributed by atoms with Gasteiger partial charge in [0.05, 0.1) is 0 Å². The first-order valence-electron chi connectivity index (χ1n) is 7.44. The maximum Gasteiger partial charge on any atom is 0.154 e. The van der Waals surface area contributed by atoms with E-state index in [1.165, 1.54) is 24.8 Å². The fourth-order valence-electron chi connectivity index (χ4n) is 3.02. The Balaban J connectivity index is 1.88. The van der Waals surface area contributed by atoms with E-state index >= 15 is 0 Å². The molecule has 21 heavy (non-hydrogen) atoms. The summed E-state index contributed by atoms with van der Waals surface area (Å²) in [5.41, 5.74) is 9.40. The lowest BCUT2D eigenvalue weighted by molar-refractivity contribution is 0.420. The van der Waals surface area contributed by atoms with E-state index < -0.39 is 0 Å². The average molecular weight is 275 g/mol. The van der Waals surface area contributed by atoms with Crippen LogP contribution in [0.4, 0.5) is 5.82 Å². The third-order valence-corrected chi connectivity index (χ3v) is 4.45. The van der Waals surface area contributed by atoms with Crippen molar-refractivity contribution < 1.29 is 0 Å². The minimum atomic E-state index is 0.490. The van der Waals surface area contributed by atoms with Gasteiger partial charge in [0.1, 0.15) is 5.69 Å². The van der Waals surface area contributed by atoms with Gasteiger partial charge in [0.2, 0.25) is 0 Å². The van der Waals surface area contributed by atoms with Gasteiger partial charge in [0.25, 0.3) is 0 Å². The molecule has 0 unspecified atom stereocenters. The van der Waals surface area contributed by atoms with Gasteiger partial charge in [-0.1, -0.05) is 48.9 Å². The molecule has 2 N–H and O–H groups in total. The quantitative estimate of drug-likeness (QED) is 0.764. The highest BCUT2D eigenvalue weighted by molar-refractivity contribution is 5.99. The Morgan fingerprint density at radius 1 is 0.905 bits per heavy atom. The molecule has 1 aliphatic rings. The second kappa shape index (κ2) is 4.85. The van der Waals surface area contributed by atoms with Crippen LogP contribution in [0.25, 0.3) is 22.0 Å². The van der Waals surface area contributed by atoms with Crippen molar-refractivity contribution in [1.82, 2.24) is 10.2 Å². The summed E-state index contributed by atoms with van der Waals surface area (Å²) in [6.07, 6.45) is 3.95. The fourth-order valence-corrected chi connectivity index (χ4v) is 3.02. The largest absolute Gasteiger partial charge is 0.382 e. The highest BCUT2D eigenvalue weighted by Gasteiger charge is 2.20. The van der Waals surface area contributed by atoms with Crippen molar-refractivity contribution in [2.24, 2.45) is 0 Å². The Labute approximate surface area is 123 Å². The molecule has 1 aromatic heterocycles. The number of hydrogen-bond donors (Lipinski definition) is 1. The summed E-state index contributed by atoms with van der Waals surface area (Å²) in [6.45, 7) is 0. The van der Waals surface area contributed by atoms with Gasteiger partial charge in [0.15, 0.2) is 5.82 Å². The number of hydrogen-bond acceptors (Lipinski definition) is 3. The second-order valence-corrected chi connectivity index (χ2v) is 5.73. The van der Waals surface area contributed by atoms with Crippen molar-refractivity contribution in [2.75, 3.05) is 5.73 Å². The molecule has 4 rings (SSSR count). The predicted octanol–water partition coefficient (Wildman–Crippen LogP) is 4.15. The van der Waals surface area contributed by atoms with Gasteiger partial charge in [0, 0.05) is 16.3 Å². The van der Waals surface area contributed by atoms with Gasteiger partial charge in [-0.2, -0.15) is 0 Å². The van der Waals surface area contributed by atoms with E-state index in [0.29, 0.717) is 5.82 Å². The van der Waals surface area contributed by atoms with Crippen LogP contribution in [-0.2, 0) is 0 Å². The zero-order chi connectivity index (χ0) is 14.2. The summed E-state index contributed by atoms with van der Waals surface area (Å²) in [4.78, 5) is 0. The summed E-state index contributed by atoms with van der Waals surface area (Å²) in [5.74, 6) is 1.21. The highest BCUT2D eigenvalue weighted by atomic mass is 15.1. The Hall–Kier alpha value is -2.42. The second-order valence-electron chi connectivity index (χ2n) is 5.73. The molecule has 0 saturated heterocycles. The first kappa shape index (κ1) is 12.3. The number of nitrogens with two attached hydrogens (primary N) is 1. The number of fused-ring (bicyclic) bond motifs is 1. The van der Waals surface area contributed by atoms with E-state index in [0.717, 1.165) is 27.9 Å². The van der Waals surface area contributed by atoms with E-state index in [-0.39, 0.29) is 0 Å². The maximum atomic E-state index is 5.94. The zero-order valence-electron chi connectivity index (χ0n) is 11.8. The smallest absolute Gasteiger partial charge is 0.154 e. The number of nitrogens with zero attached hydrogens (tertiary/aromatic N) is 2. The van der Waals surface area contributed by atoms with E-state index in [2.05, 4.69) is 40.5 Å². The van der Waals surface area contributed by atoms with Gasteiger partial charge in [-0.3, -0.25) is 0 Å². The van der Waals surface area contributed by atoms with Crippen LogP contribution < -0.4 is 5.73 Å². The van der Waals surface area contributed by atoms with Crippen molar-refractivity contribution in [2.45, 2.75) is 25.2 Å². The van der Waals surface area contributed by atoms with Gasteiger partial charge < -0.3 is 5.73 Å². The summed E-state index contributed by atoms with van der Waals surface area (Å²) < 4.78 is 0. The van der Waals surface area contributed by atoms with E-state index in [1.807, 2.05) is 18.2 Å². The van der Waals surface area contributed by atoms with Gasteiger partial charge in [-0.05, 0) is 30.4 Å². The Morgan fingerprint density at radius 2 is 1.71 bits per heavy atom. The molecular weight excluding hydrogens is 258 g/mol. The molecular formula is C18H17N3. The minimum Gasteiger partial charge on any atom is -0.382 e. The average Bonchev–Trinajstić information content (AvgIpc) is 2.46. The molecule has 3 aromatic rings. The summed E-state index contributed by atoms with van der Waals surface area (Å²) >= 11 is 0. The van der Waals surface area contributed by atoms with Crippen molar-refractivity contribution in [3.8, 4) is 11.3 Å². The number of nitrogen functional groups attached to an aromatic ring is 1. The molecule has 2 aromatic carbocycles. The Kier molecular flexibility index (Phi) is 2.85. The molecule has 3 heteroatoms. The van der Waals surface area contributed by atoms with Crippen LogP contribution >= 0.6 is 0 Å². The summed E-state index contributed by atoms with van der Waals surface area (Å²) in [5, 5.41) is 10.5. The SMILES string of the molecule is Nc1nnc(-c2cccc(C3CCC3)c2)c2ccccc12. The normalized spacial score (nSPS) is 15.0. The monoisotopic (exact) mass is 275 g/mol. The molecule has 0 bridgehead atoms. The van der Waals surface area contributed by atoms with Gasteiger partial charge >= 0.3 is 0 Å². The lowest BCUT2D eigenvalue weighted by atomic mass is 9.79. The topological polar surface area (TPSA) is 51.8 Å². The third kappa shape index (κ3) is 2.05. The summed E-state index contributed by atoms with van der Waals surface area (Å²) in [6, 6.07) is 16.8. The molecule has 0 amide bonds. The molecule has 0 spiro atoms.